The maximum absolute atomic E-state index is 14.7. The van der Waals surface area contributed by atoms with Crippen LogP contribution in [0.5, 0.6) is 11.5 Å². The fourth-order valence-electron chi connectivity index (χ4n) is 7.97. The van der Waals surface area contributed by atoms with E-state index in [-0.39, 0.29) is 36.2 Å². The van der Waals surface area contributed by atoms with Gasteiger partial charge in [0.15, 0.2) is 5.13 Å². The average Bonchev–Trinajstić information content (AvgIpc) is 3.51. The van der Waals surface area contributed by atoms with Gasteiger partial charge in [-0.15, -0.1) is 11.3 Å². The Bertz CT molecular complexity index is 2580. The van der Waals surface area contributed by atoms with Crippen molar-refractivity contribution in [3.05, 3.63) is 102 Å². The van der Waals surface area contributed by atoms with Crippen LogP contribution in [0.2, 0.25) is 0 Å². The monoisotopic (exact) mass is 863 g/mol. The van der Waals surface area contributed by atoms with E-state index in [1.165, 1.54) is 22.3 Å². The van der Waals surface area contributed by atoms with E-state index in [0.717, 1.165) is 30.8 Å². The number of nitrogens with one attached hydrogen (secondary N) is 4. The van der Waals surface area contributed by atoms with E-state index in [0.29, 0.717) is 51.6 Å². The van der Waals surface area contributed by atoms with Gasteiger partial charge in [0.05, 0.1) is 30.6 Å². The maximum Gasteiger partial charge on any atom is 0.266 e. The lowest BCUT2D eigenvalue weighted by molar-refractivity contribution is -0.131. The molecule has 4 N–H and O–H groups in total. The summed E-state index contributed by atoms with van der Waals surface area (Å²) >= 11 is 1.47. The minimum absolute atomic E-state index is 0.0565. The lowest BCUT2D eigenvalue weighted by Crippen LogP contribution is -2.56. The third-order valence-corrected chi connectivity index (χ3v) is 13.4. The number of methoxy groups -OCH3 is 1. The number of aromatic nitrogens is 2. The number of pyridine rings is 1. The first-order chi connectivity index (χ1) is 29.4. The topological polar surface area (TPSA) is 181 Å². The molecule has 1 saturated heterocycles. The summed E-state index contributed by atoms with van der Waals surface area (Å²) in [6.07, 6.45) is 6.96. The number of anilines is 2. The van der Waals surface area contributed by atoms with Crippen molar-refractivity contribution in [3.63, 3.8) is 0 Å². The van der Waals surface area contributed by atoms with Gasteiger partial charge in [-0.05, 0) is 75.9 Å². The summed E-state index contributed by atoms with van der Waals surface area (Å²) in [5, 5.41) is 12.9. The van der Waals surface area contributed by atoms with Crippen LogP contribution in [0, 0.1) is 5.92 Å². The molecule has 2 fully saturated rings. The van der Waals surface area contributed by atoms with Gasteiger partial charge in [0, 0.05) is 53.4 Å². The largest absolute Gasteiger partial charge is 0.497 e. The molecule has 3 amide bonds. The number of hydrogen-bond donors (Lipinski definition) is 4. The Morgan fingerprint density at radius 3 is 2.59 bits per heavy atom. The van der Waals surface area contributed by atoms with Crippen LogP contribution in [-0.4, -0.2) is 84.9 Å². The number of sulfonamides is 1. The maximum atomic E-state index is 14.7. The predicted molar refractivity (Wildman–Crippen MR) is 235 cm³/mol. The van der Waals surface area contributed by atoms with Gasteiger partial charge in [-0.2, -0.15) is 0 Å². The molecule has 318 valence electrons. The second-order valence-corrected chi connectivity index (χ2v) is 18.5. The molecule has 14 nitrogen and oxygen atoms in total. The molecule has 1 aliphatic carbocycles. The molecule has 3 aliphatic rings. The molecule has 1 unspecified atom stereocenters. The molecule has 1 saturated carbocycles. The van der Waals surface area contributed by atoms with Crippen LogP contribution in [0.25, 0.3) is 22.3 Å². The van der Waals surface area contributed by atoms with Crippen LogP contribution < -0.4 is 30.1 Å². The van der Waals surface area contributed by atoms with E-state index in [1.807, 2.05) is 55.6 Å². The Hall–Kier alpha value is -6.00. The van der Waals surface area contributed by atoms with Crippen molar-refractivity contribution in [1.82, 2.24) is 24.9 Å². The third kappa shape index (κ3) is 9.05. The molecule has 5 aromatic rings. The Morgan fingerprint density at radius 1 is 0.984 bits per heavy atom. The van der Waals surface area contributed by atoms with Crippen LogP contribution in [-0.2, 0) is 19.6 Å². The zero-order valence-corrected chi connectivity index (χ0v) is 35.9. The first-order valence-corrected chi connectivity index (χ1v) is 22.9. The normalized spacial score (nSPS) is 23.0. The molecule has 0 bridgehead atoms. The highest BCUT2D eigenvalue weighted by Crippen LogP contribution is 2.46. The van der Waals surface area contributed by atoms with Gasteiger partial charge >= 0.3 is 0 Å². The van der Waals surface area contributed by atoms with Gasteiger partial charge < -0.3 is 30.3 Å². The number of amides is 3. The van der Waals surface area contributed by atoms with Crippen molar-refractivity contribution >= 4 is 60.8 Å². The number of para-hydroxylation sites is 1. The molecule has 4 heterocycles. The van der Waals surface area contributed by atoms with E-state index in [2.05, 4.69) is 20.7 Å². The van der Waals surface area contributed by atoms with Crippen LogP contribution in [0.4, 0.5) is 10.8 Å². The highest BCUT2D eigenvalue weighted by atomic mass is 32.2. The number of hydrogen-bond acceptors (Lipinski definition) is 12. The number of carbonyl (C=O) groups is 3. The van der Waals surface area contributed by atoms with Gasteiger partial charge in [-0.25, -0.2) is 23.1 Å². The highest BCUT2D eigenvalue weighted by Gasteiger charge is 2.61. The number of thiazole rings is 1. The quantitative estimate of drug-likeness (QED) is 0.115. The van der Waals surface area contributed by atoms with Crippen molar-refractivity contribution in [1.29, 1.82) is 0 Å². The van der Waals surface area contributed by atoms with Crippen LogP contribution >= 0.6 is 11.3 Å². The Kier molecular flexibility index (Phi) is 12.0. The van der Waals surface area contributed by atoms with E-state index >= 15 is 0 Å². The van der Waals surface area contributed by atoms with Gasteiger partial charge in [-0.1, -0.05) is 48.9 Å². The van der Waals surface area contributed by atoms with Crippen LogP contribution in [0.15, 0.2) is 101 Å². The number of ether oxygens (including phenoxy) is 2. The SMILES string of the molecule is COc1ccc2c(O[C@@H]3C[C@@H](C(=O)N[C@]45CC4/C=C\CCCCCNc4ccccc4S(=O)(=O)NC5=O)N(C(=O)c4ccccc4)C3)cc(-c3csc(NC(C)C)n3)nc2c1. The number of rotatable bonds is 9. The minimum Gasteiger partial charge on any atom is -0.497 e. The van der Waals surface area contributed by atoms with Gasteiger partial charge in [-0.3, -0.25) is 14.4 Å². The second-order valence-electron chi connectivity index (χ2n) is 15.9. The van der Waals surface area contributed by atoms with Gasteiger partial charge in [0.2, 0.25) is 5.91 Å². The third-order valence-electron chi connectivity index (χ3n) is 11.2. The number of benzene rings is 3. The summed E-state index contributed by atoms with van der Waals surface area (Å²) in [5.74, 6) is -1.17. The van der Waals surface area contributed by atoms with Crippen molar-refractivity contribution in [2.24, 2.45) is 5.92 Å². The number of fused-ring (bicyclic) bond motifs is 3. The number of nitrogens with zero attached hydrogens (tertiary/aromatic N) is 3. The summed E-state index contributed by atoms with van der Waals surface area (Å²) < 4.78 is 42.2. The average molecular weight is 864 g/mol. The Morgan fingerprint density at radius 2 is 1.79 bits per heavy atom. The van der Waals surface area contributed by atoms with Crippen LogP contribution in [0.3, 0.4) is 0 Å². The molecule has 61 heavy (non-hydrogen) atoms. The van der Waals surface area contributed by atoms with Gasteiger partial charge in [0.1, 0.15) is 39.8 Å². The number of likely N-dealkylation sites (tertiary alicyclic amines) is 1. The fourth-order valence-corrected chi connectivity index (χ4v) is 10.0. The number of carbonyl (C=O) groups excluding carboxylic acids is 3. The first kappa shape index (κ1) is 41.7. The second kappa shape index (κ2) is 17.5. The summed E-state index contributed by atoms with van der Waals surface area (Å²) in [5.41, 5.74) is 1.05. The zero-order chi connectivity index (χ0) is 42.7. The Balaban J connectivity index is 1.10. The van der Waals surface area contributed by atoms with E-state index < -0.39 is 45.4 Å². The molecular weight excluding hydrogens is 815 g/mol. The lowest BCUT2D eigenvalue weighted by atomic mass is 10.1. The van der Waals surface area contributed by atoms with Crippen molar-refractivity contribution in [3.8, 4) is 22.9 Å². The number of allylic oxidation sites excluding steroid dienone is 1. The summed E-state index contributed by atoms with van der Waals surface area (Å²) in [7, 11) is -2.76. The summed E-state index contributed by atoms with van der Waals surface area (Å²) in [4.78, 5) is 54.2. The Labute approximate surface area is 359 Å². The zero-order valence-electron chi connectivity index (χ0n) is 34.2. The highest BCUT2D eigenvalue weighted by molar-refractivity contribution is 7.90. The van der Waals surface area contributed by atoms with Crippen molar-refractivity contribution in [2.75, 3.05) is 30.8 Å². The minimum atomic E-state index is -4.34. The van der Waals surface area contributed by atoms with E-state index in [4.69, 9.17) is 19.4 Å². The standard InChI is InChI=1S/C45H49N7O7S2/c1-28(2)47-44-49-37(27-60-44)36-24-39(33-20-19-31(58-3)22-35(33)48-36)59-32-23-38(52(26-32)42(54)29-14-8-7-9-15-29)41(53)50-45-25-30(45)16-10-5-4-6-13-21-46-34-17-11-12-18-40(34)61(56,57)51-43(45)55/h7-12,14-20,22,24,27-28,30,32,38,46H,4-6,13,21,23,25-26H2,1-3H3,(H,47,49)(H,50,53)(H,51,55)/b16-10-/t30?,32-,38+,45-/m1/s1. The van der Waals surface area contributed by atoms with Crippen molar-refractivity contribution < 1.29 is 32.3 Å². The molecule has 8 rings (SSSR count). The smallest absolute Gasteiger partial charge is 0.266 e. The van der Waals surface area contributed by atoms with Crippen LogP contribution in [0.1, 0.15) is 62.7 Å². The molecule has 0 spiro atoms. The fraction of sp³-hybridized carbons (Fsp3) is 0.356. The molecule has 3 aromatic carbocycles. The first-order valence-electron chi connectivity index (χ1n) is 20.6. The summed E-state index contributed by atoms with van der Waals surface area (Å²) in [6.45, 7) is 4.71. The molecule has 16 heteroatoms. The molecule has 2 aliphatic heterocycles. The molecule has 4 atom stereocenters. The molecule has 0 radical (unpaired) electrons. The van der Waals surface area contributed by atoms with E-state index in [9.17, 15) is 22.8 Å². The lowest BCUT2D eigenvalue weighted by Gasteiger charge is -2.26. The van der Waals surface area contributed by atoms with E-state index in [1.54, 1.807) is 55.6 Å². The predicted octanol–water partition coefficient (Wildman–Crippen LogP) is 6.77. The molecular formula is C45H49N7O7S2. The van der Waals surface area contributed by atoms with Crippen molar-refractivity contribution in [2.45, 2.75) is 81.0 Å². The van der Waals surface area contributed by atoms with Gasteiger partial charge in [0.25, 0.3) is 21.8 Å². The molecule has 2 aromatic heterocycles. The summed E-state index contributed by atoms with van der Waals surface area (Å²) in [6, 6.07) is 21.5.